The SMILES string of the molecule is CCS(=O)(=O)c1ccc(Oc2cccnc2C(=O)O)cc1. The second kappa shape index (κ2) is 5.92. The molecule has 0 unspecified atom stereocenters. The minimum Gasteiger partial charge on any atom is -0.476 e. The molecule has 0 saturated carbocycles. The molecule has 1 heterocycles. The lowest BCUT2D eigenvalue weighted by atomic mass is 10.3. The van der Waals surface area contributed by atoms with Gasteiger partial charge in [0.25, 0.3) is 0 Å². The van der Waals surface area contributed by atoms with Crippen molar-refractivity contribution in [1.82, 2.24) is 4.98 Å². The summed E-state index contributed by atoms with van der Waals surface area (Å²) in [4.78, 5) is 14.9. The van der Waals surface area contributed by atoms with Crippen molar-refractivity contribution in [3.8, 4) is 11.5 Å². The third-order valence-electron chi connectivity index (χ3n) is 2.76. The monoisotopic (exact) mass is 307 g/mol. The molecule has 1 N–H and O–H groups in total. The summed E-state index contributed by atoms with van der Waals surface area (Å²) in [5.41, 5.74) is -0.206. The summed E-state index contributed by atoms with van der Waals surface area (Å²) < 4.78 is 28.8. The molecule has 7 heteroatoms. The number of aromatic carboxylic acids is 1. The molecule has 0 aliphatic heterocycles. The highest BCUT2D eigenvalue weighted by Crippen LogP contribution is 2.25. The van der Waals surface area contributed by atoms with Crippen LogP contribution >= 0.6 is 0 Å². The Hall–Kier alpha value is -2.41. The number of benzene rings is 1. The smallest absolute Gasteiger partial charge is 0.358 e. The van der Waals surface area contributed by atoms with Crippen LogP contribution in [0.2, 0.25) is 0 Å². The van der Waals surface area contributed by atoms with Crippen molar-refractivity contribution < 1.29 is 23.1 Å². The van der Waals surface area contributed by atoms with Gasteiger partial charge in [0.1, 0.15) is 5.75 Å². The molecule has 0 fully saturated rings. The van der Waals surface area contributed by atoms with Gasteiger partial charge in [0.05, 0.1) is 10.6 Å². The molecular weight excluding hydrogens is 294 g/mol. The van der Waals surface area contributed by atoms with E-state index in [1.807, 2.05) is 0 Å². The van der Waals surface area contributed by atoms with Crippen LogP contribution in [0.4, 0.5) is 0 Å². The first-order valence-corrected chi connectivity index (χ1v) is 7.78. The molecular formula is C14H13NO5S. The van der Waals surface area contributed by atoms with Gasteiger partial charge >= 0.3 is 5.97 Å². The molecule has 1 aromatic heterocycles. The van der Waals surface area contributed by atoms with Crippen LogP contribution in [0.5, 0.6) is 11.5 Å². The molecule has 0 spiro atoms. The van der Waals surface area contributed by atoms with E-state index < -0.39 is 15.8 Å². The van der Waals surface area contributed by atoms with Crippen LogP contribution in [0.1, 0.15) is 17.4 Å². The number of rotatable bonds is 5. The number of ether oxygens (including phenoxy) is 1. The minimum atomic E-state index is -3.27. The molecule has 6 nitrogen and oxygen atoms in total. The predicted molar refractivity (Wildman–Crippen MR) is 75.4 cm³/mol. The second-order valence-electron chi connectivity index (χ2n) is 4.13. The fourth-order valence-electron chi connectivity index (χ4n) is 1.64. The number of hydrogen-bond donors (Lipinski definition) is 1. The van der Waals surface area contributed by atoms with Crippen molar-refractivity contribution in [3.05, 3.63) is 48.3 Å². The first kappa shape index (κ1) is 15.0. The molecule has 0 radical (unpaired) electrons. The standard InChI is InChI=1S/C14H13NO5S/c1-2-21(18,19)11-7-5-10(6-8-11)20-12-4-3-9-15-13(12)14(16)17/h3-9H,2H2,1H3,(H,16,17). The molecule has 0 aliphatic rings. The number of sulfone groups is 1. The number of carboxylic acids is 1. The number of carbonyl (C=O) groups is 1. The van der Waals surface area contributed by atoms with E-state index in [1.54, 1.807) is 13.0 Å². The molecule has 2 rings (SSSR count). The zero-order valence-corrected chi connectivity index (χ0v) is 12.0. The first-order valence-electron chi connectivity index (χ1n) is 6.13. The second-order valence-corrected chi connectivity index (χ2v) is 6.41. The molecule has 0 atom stereocenters. The Labute approximate surface area is 121 Å². The van der Waals surface area contributed by atoms with Crippen LogP contribution in [0.25, 0.3) is 0 Å². The summed E-state index contributed by atoms with van der Waals surface area (Å²) in [6, 6.07) is 8.82. The third kappa shape index (κ3) is 3.38. The van der Waals surface area contributed by atoms with Gasteiger partial charge < -0.3 is 9.84 Å². The van der Waals surface area contributed by atoms with Crippen molar-refractivity contribution in [2.75, 3.05) is 5.75 Å². The van der Waals surface area contributed by atoms with E-state index >= 15 is 0 Å². The Bertz CT molecular complexity index is 753. The van der Waals surface area contributed by atoms with Crippen molar-refractivity contribution in [2.45, 2.75) is 11.8 Å². The van der Waals surface area contributed by atoms with E-state index in [2.05, 4.69) is 4.98 Å². The van der Waals surface area contributed by atoms with E-state index in [0.29, 0.717) is 5.75 Å². The van der Waals surface area contributed by atoms with E-state index in [9.17, 15) is 13.2 Å². The van der Waals surface area contributed by atoms with Gasteiger partial charge in [-0.05, 0) is 36.4 Å². The minimum absolute atomic E-state index is 0.0129. The largest absolute Gasteiger partial charge is 0.476 e. The summed E-state index contributed by atoms with van der Waals surface area (Å²) in [5.74, 6) is -0.758. The molecule has 0 amide bonds. The zero-order chi connectivity index (χ0) is 15.5. The van der Waals surface area contributed by atoms with E-state index in [0.717, 1.165) is 0 Å². The summed E-state index contributed by atoms with van der Waals surface area (Å²) in [6.07, 6.45) is 1.35. The highest BCUT2D eigenvalue weighted by molar-refractivity contribution is 7.91. The quantitative estimate of drug-likeness (QED) is 0.911. The van der Waals surface area contributed by atoms with Crippen molar-refractivity contribution in [1.29, 1.82) is 0 Å². The topological polar surface area (TPSA) is 93.6 Å². The van der Waals surface area contributed by atoms with Gasteiger partial charge in [0.15, 0.2) is 21.3 Å². The maximum absolute atomic E-state index is 11.7. The Morgan fingerprint density at radius 1 is 1.24 bits per heavy atom. The Kier molecular flexibility index (Phi) is 4.23. The number of aromatic nitrogens is 1. The number of hydrogen-bond acceptors (Lipinski definition) is 5. The summed E-state index contributed by atoms with van der Waals surface area (Å²) in [7, 11) is -3.27. The van der Waals surface area contributed by atoms with Gasteiger partial charge in [-0.1, -0.05) is 6.92 Å². The van der Waals surface area contributed by atoms with Crippen LogP contribution in [-0.2, 0) is 9.84 Å². The van der Waals surface area contributed by atoms with E-state index in [1.165, 1.54) is 36.5 Å². The van der Waals surface area contributed by atoms with Gasteiger partial charge in [0, 0.05) is 6.20 Å². The van der Waals surface area contributed by atoms with Crippen molar-refractivity contribution in [3.63, 3.8) is 0 Å². The van der Waals surface area contributed by atoms with Gasteiger partial charge in [-0.15, -0.1) is 0 Å². The highest BCUT2D eigenvalue weighted by atomic mass is 32.2. The summed E-state index contributed by atoms with van der Waals surface area (Å²) >= 11 is 0. The Morgan fingerprint density at radius 2 is 1.90 bits per heavy atom. The molecule has 21 heavy (non-hydrogen) atoms. The van der Waals surface area contributed by atoms with E-state index in [-0.39, 0.29) is 22.1 Å². The van der Waals surface area contributed by atoms with Crippen LogP contribution in [-0.4, -0.2) is 30.2 Å². The average molecular weight is 307 g/mol. The molecule has 110 valence electrons. The number of nitrogens with zero attached hydrogens (tertiary/aromatic N) is 1. The Morgan fingerprint density at radius 3 is 2.48 bits per heavy atom. The fourth-order valence-corrected chi connectivity index (χ4v) is 2.53. The van der Waals surface area contributed by atoms with Crippen molar-refractivity contribution >= 4 is 15.8 Å². The molecule has 2 aromatic rings. The molecule has 0 bridgehead atoms. The normalized spacial score (nSPS) is 11.1. The summed E-state index contributed by atoms with van der Waals surface area (Å²) in [5, 5.41) is 9.00. The predicted octanol–water partition coefficient (Wildman–Crippen LogP) is 2.37. The first-order chi connectivity index (χ1) is 9.94. The zero-order valence-electron chi connectivity index (χ0n) is 11.2. The summed E-state index contributed by atoms with van der Waals surface area (Å²) in [6.45, 7) is 1.56. The van der Waals surface area contributed by atoms with Crippen LogP contribution in [0.15, 0.2) is 47.5 Å². The molecule has 0 aliphatic carbocycles. The van der Waals surface area contributed by atoms with Crippen LogP contribution in [0.3, 0.4) is 0 Å². The third-order valence-corrected chi connectivity index (χ3v) is 4.51. The van der Waals surface area contributed by atoms with Crippen LogP contribution < -0.4 is 4.74 Å². The lowest BCUT2D eigenvalue weighted by Gasteiger charge is -2.08. The number of carboxylic acid groups (broad SMARTS) is 1. The van der Waals surface area contributed by atoms with E-state index in [4.69, 9.17) is 9.84 Å². The Balaban J connectivity index is 2.28. The average Bonchev–Trinajstić information content (AvgIpc) is 2.48. The van der Waals surface area contributed by atoms with Crippen molar-refractivity contribution in [2.24, 2.45) is 0 Å². The molecule has 0 saturated heterocycles. The number of pyridine rings is 1. The lowest BCUT2D eigenvalue weighted by molar-refractivity contribution is 0.0687. The lowest BCUT2D eigenvalue weighted by Crippen LogP contribution is -2.04. The maximum Gasteiger partial charge on any atom is 0.358 e. The van der Waals surface area contributed by atoms with Gasteiger partial charge in [-0.2, -0.15) is 0 Å². The molecule has 1 aromatic carbocycles. The maximum atomic E-state index is 11.7. The van der Waals surface area contributed by atoms with Gasteiger partial charge in [-0.25, -0.2) is 18.2 Å². The van der Waals surface area contributed by atoms with Gasteiger partial charge in [-0.3, -0.25) is 0 Å². The van der Waals surface area contributed by atoms with Crippen LogP contribution in [0, 0.1) is 0 Å². The van der Waals surface area contributed by atoms with Gasteiger partial charge in [0.2, 0.25) is 0 Å². The highest BCUT2D eigenvalue weighted by Gasteiger charge is 2.14. The fraction of sp³-hybridized carbons (Fsp3) is 0.143.